The van der Waals surface area contributed by atoms with Crippen LogP contribution in [0.2, 0.25) is 0 Å². The van der Waals surface area contributed by atoms with Gasteiger partial charge in [0.1, 0.15) is 18.6 Å². The lowest BCUT2D eigenvalue weighted by Gasteiger charge is -2.70. The standard InChI is InChI=1S/C33H35F3N10O5/c1-4-19-26(43-9-10-44(21-6-5-20(21)43)30(50)25-27(48)17(2)38-16-39-25)28(49)24-29(42-46(41-24)18-7-8-37-23(11-18)51-3)45(19)12-22(47)40-32-13-31(14-32,15-32)33(34,35)36/h7-8,11,16,20-21,48H,4-6,9-10,12-15H2,1-3H3,(H,40,47)/t20-,21-,31?,32?/m1/s1. The number of pyridine rings is 2. The third-order valence-corrected chi connectivity index (χ3v) is 11.1. The zero-order valence-corrected chi connectivity index (χ0v) is 28.1. The lowest BCUT2D eigenvalue weighted by molar-refractivity contribution is -0.337. The molecule has 4 saturated carbocycles. The van der Waals surface area contributed by atoms with E-state index in [0.717, 1.165) is 0 Å². The predicted molar refractivity (Wildman–Crippen MR) is 174 cm³/mol. The Hall–Kier alpha value is -5.29. The fourth-order valence-corrected chi connectivity index (χ4v) is 8.43. The number of nitrogens with zero attached hydrogens (tertiary/aromatic N) is 9. The molecule has 0 radical (unpaired) electrons. The number of carbonyl (C=O) groups is 2. The smallest absolute Gasteiger partial charge is 0.394 e. The highest BCUT2D eigenvalue weighted by atomic mass is 19.4. The Balaban J connectivity index is 1.17. The summed E-state index contributed by atoms with van der Waals surface area (Å²) in [5, 5.41) is 22.6. The summed E-state index contributed by atoms with van der Waals surface area (Å²) in [4.78, 5) is 58.7. The maximum Gasteiger partial charge on any atom is 0.394 e. The third-order valence-electron chi connectivity index (χ3n) is 11.1. The molecule has 4 aliphatic carbocycles. The van der Waals surface area contributed by atoms with Crippen molar-refractivity contribution in [2.45, 2.75) is 82.7 Å². The second-order valence-corrected chi connectivity index (χ2v) is 14.0. The molecule has 4 aromatic heterocycles. The van der Waals surface area contributed by atoms with Gasteiger partial charge in [0.2, 0.25) is 17.2 Å². The van der Waals surface area contributed by atoms with E-state index >= 15 is 0 Å². The van der Waals surface area contributed by atoms with Gasteiger partial charge >= 0.3 is 6.18 Å². The molecule has 0 unspecified atom stereocenters. The van der Waals surface area contributed by atoms with Crippen LogP contribution in [0.3, 0.4) is 0 Å². The van der Waals surface area contributed by atoms with Crippen molar-refractivity contribution in [1.82, 2.24) is 44.7 Å². The van der Waals surface area contributed by atoms with E-state index in [1.807, 2.05) is 11.8 Å². The third kappa shape index (κ3) is 4.92. The Morgan fingerprint density at radius 2 is 1.84 bits per heavy atom. The molecular weight excluding hydrogens is 673 g/mol. The van der Waals surface area contributed by atoms with Gasteiger partial charge in [0.25, 0.3) is 5.91 Å². The summed E-state index contributed by atoms with van der Waals surface area (Å²) in [5.41, 5.74) is -1.37. The Labute approximate surface area is 288 Å². The van der Waals surface area contributed by atoms with Crippen LogP contribution in [0.1, 0.15) is 60.9 Å². The number of carbonyl (C=O) groups excluding carboxylic acids is 2. The second-order valence-electron chi connectivity index (χ2n) is 14.0. The molecule has 2 atom stereocenters. The lowest BCUT2D eigenvalue weighted by Crippen LogP contribution is -2.78. The highest BCUT2D eigenvalue weighted by molar-refractivity contribution is 5.95. The Morgan fingerprint density at radius 1 is 1.10 bits per heavy atom. The molecule has 2 N–H and O–H groups in total. The molecule has 5 heterocycles. The average molecular weight is 709 g/mol. The van der Waals surface area contributed by atoms with Crippen molar-refractivity contribution < 1.29 is 32.6 Å². The number of alkyl halides is 3. The van der Waals surface area contributed by atoms with Crippen LogP contribution in [-0.4, -0.2) is 100 Å². The average Bonchev–Trinajstić information content (AvgIpc) is 3.50. The number of fused-ring (bicyclic) bond motifs is 2. The van der Waals surface area contributed by atoms with Crippen molar-refractivity contribution in [3.8, 4) is 17.3 Å². The van der Waals surface area contributed by atoms with E-state index < -0.39 is 34.4 Å². The van der Waals surface area contributed by atoms with Crippen molar-refractivity contribution in [2.75, 3.05) is 25.1 Å². The normalized spacial score (nSPS) is 25.1. The number of methoxy groups -OCH3 is 1. The zero-order valence-electron chi connectivity index (χ0n) is 28.1. The molecule has 2 bridgehead atoms. The first kappa shape index (κ1) is 32.9. The molecular formula is C33H35F3N10O5. The topological polar surface area (TPSA) is 173 Å². The minimum Gasteiger partial charge on any atom is -0.504 e. The van der Waals surface area contributed by atoms with Crippen LogP contribution < -0.4 is 20.4 Å². The first-order valence-corrected chi connectivity index (χ1v) is 16.8. The maximum absolute atomic E-state index is 14.5. The van der Waals surface area contributed by atoms with Crippen molar-refractivity contribution in [3.05, 3.63) is 52.0 Å². The Kier molecular flexibility index (Phi) is 7.33. The van der Waals surface area contributed by atoms with E-state index in [9.17, 15) is 32.7 Å². The number of piperazine rings is 1. The van der Waals surface area contributed by atoms with Gasteiger partial charge in [-0.15, -0.1) is 15.0 Å². The summed E-state index contributed by atoms with van der Waals surface area (Å²) in [7, 11) is 1.46. The van der Waals surface area contributed by atoms with Gasteiger partial charge in [-0.2, -0.15) is 13.2 Å². The number of nitrogens with one attached hydrogen (secondary N) is 1. The first-order chi connectivity index (χ1) is 24.3. The fraction of sp³-hybridized carbons (Fsp3) is 0.515. The number of aromatic hydroxyl groups is 1. The van der Waals surface area contributed by atoms with Crippen LogP contribution in [-0.2, 0) is 17.8 Å². The van der Waals surface area contributed by atoms with Gasteiger partial charge < -0.3 is 29.5 Å². The molecule has 2 amide bonds. The molecule has 4 aromatic rings. The summed E-state index contributed by atoms with van der Waals surface area (Å²) in [6.45, 7) is 3.64. The van der Waals surface area contributed by atoms with Gasteiger partial charge in [-0.1, -0.05) is 6.92 Å². The number of ether oxygens (including phenoxy) is 1. The summed E-state index contributed by atoms with van der Waals surface area (Å²) in [5.74, 6) is -0.900. The fourth-order valence-electron chi connectivity index (χ4n) is 8.43. The SMILES string of the molecule is CCc1c(N2CCN(C(=O)c3ncnc(C)c3O)[C@@H]3CC[C@H]32)c(=O)c2nn(-c3ccnc(OC)c3)nc2n1CC(=O)NC12CC(C(F)(F)F)(C1)C2. The summed E-state index contributed by atoms with van der Waals surface area (Å²) in [6.07, 6.45) is -0.381. The molecule has 18 heteroatoms. The van der Waals surface area contributed by atoms with E-state index in [-0.39, 0.29) is 79.3 Å². The highest BCUT2D eigenvalue weighted by Gasteiger charge is 2.79. The number of amides is 2. The van der Waals surface area contributed by atoms with Crippen LogP contribution >= 0.6 is 0 Å². The number of halogens is 3. The van der Waals surface area contributed by atoms with Crippen molar-refractivity contribution in [1.29, 1.82) is 0 Å². The summed E-state index contributed by atoms with van der Waals surface area (Å²) >= 11 is 0. The van der Waals surface area contributed by atoms with Gasteiger partial charge in [-0.3, -0.25) is 14.4 Å². The van der Waals surface area contributed by atoms with Crippen LogP contribution in [0.15, 0.2) is 29.5 Å². The Bertz CT molecular complexity index is 2150. The molecule has 0 aromatic carbocycles. The minimum atomic E-state index is -4.31. The lowest BCUT2D eigenvalue weighted by atomic mass is 9.39. The molecule has 1 saturated heterocycles. The van der Waals surface area contributed by atoms with Crippen LogP contribution in [0.25, 0.3) is 16.9 Å². The number of aromatic nitrogens is 7. The number of hydrogen-bond acceptors (Lipinski definition) is 11. The number of rotatable bonds is 8. The van der Waals surface area contributed by atoms with E-state index in [1.54, 1.807) is 28.5 Å². The van der Waals surface area contributed by atoms with Gasteiger partial charge in [-0.05, 0) is 51.5 Å². The molecule has 1 aliphatic heterocycles. The zero-order chi connectivity index (χ0) is 36.0. The second kappa shape index (κ2) is 11.4. The minimum absolute atomic E-state index is 0.00285. The van der Waals surface area contributed by atoms with Crippen molar-refractivity contribution in [2.24, 2.45) is 5.41 Å². The van der Waals surface area contributed by atoms with Gasteiger partial charge in [-0.25, -0.2) is 15.0 Å². The summed E-state index contributed by atoms with van der Waals surface area (Å²) in [6, 6.07) is 2.70. The molecule has 9 rings (SSSR count). The molecule has 15 nitrogen and oxygen atoms in total. The van der Waals surface area contributed by atoms with Crippen molar-refractivity contribution in [3.63, 3.8) is 0 Å². The Morgan fingerprint density at radius 3 is 2.51 bits per heavy atom. The first-order valence-electron chi connectivity index (χ1n) is 16.8. The maximum atomic E-state index is 14.5. The van der Waals surface area contributed by atoms with Gasteiger partial charge in [0.05, 0.1) is 29.9 Å². The predicted octanol–water partition coefficient (Wildman–Crippen LogP) is 2.45. The molecule has 51 heavy (non-hydrogen) atoms. The quantitative estimate of drug-likeness (QED) is 0.275. The number of hydrogen-bond donors (Lipinski definition) is 2. The van der Waals surface area contributed by atoms with Gasteiger partial charge in [0, 0.05) is 42.6 Å². The van der Waals surface area contributed by atoms with Crippen LogP contribution in [0.4, 0.5) is 18.9 Å². The van der Waals surface area contributed by atoms with E-state index in [2.05, 4.69) is 30.5 Å². The van der Waals surface area contributed by atoms with Gasteiger partial charge in [0.15, 0.2) is 22.6 Å². The van der Waals surface area contributed by atoms with E-state index in [0.29, 0.717) is 42.2 Å². The van der Waals surface area contributed by atoms with Crippen molar-refractivity contribution >= 4 is 28.7 Å². The monoisotopic (exact) mass is 708 g/mol. The highest BCUT2D eigenvalue weighted by Crippen LogP contribution is 2.73. The van der Waals surface area contributed by atoms with E-state index in [4.69, 9.17) is 4.74 Å². The van der Waals surface area contributed by atoms with Crippen LogP contribution in [0.5, 0.6) is 11.6 Å². The number of aryl methyl sites for hydroxylation is 1. The molecule has 268 valence electrons. The molecule has 5 fully saturated rings. The molecule has 5 aliphatic rings. The van der Waals surface area contributed by atoms with E-state index in [1.165, 1.54) is 24.4 Å². The largest absolute Gasteiger partial charge is 0.504 e. The molecule has 0 spiro atoms. The van der Waals surface area contributed by atoms with Crippen LogP contribution in [0, 0.1) is 12.3 Å². The number of anilines is 1. The summed E-state index contributed by atoms with van der Waals surface area (Å²) < 4.78 is 47.5.